The number of aliphatic hydroxyl groups excluding tert-OH is 1. The van der Waals surface area contributed by atoms with Gasteiger partial charge in [0.05, 0.1) is 15.9 Å². The van der Waals surface area contributed by atoms with Crippen LogP contribution < -0.4 is 0 Å². The third-order valence-electron chi connectivity index (χ3n) is 2.71. The Balaban J connectivity index is 2.46. The van der Waals surface area contributed by atoms with Gasteiger partial charge in [-0.3, -0.25) is 10.1 Å². The first-order valence-electron chi connectivity index (χ1n) is 5.88. The molecule has 1 N–H and O–H groups in total. The Bertz CT molecular complexity index is 646. The average Bonchev–Trinajstić information content (AvgIpc) is 2.38. The molecule has 1 atom stereocenters. The number of hydrogen-bond acceptors (Lipinski definition) is 4. The summed E-state index contributed by atoms with van der Waals surface area (Å²) in [5, 5.41) is 20.6. The number of nitrogens with zero attached hydrogens (tertiary/aromatic N) is 1. The highest BCUT2D eigenvalue weighted by atomic mass is 32.2. The molecule has 0 fully saturated rings. The van der Waals surface area contributed by atoms with Crippen molar-refractivity contribution in [1.29, 1.82) is 0 Å². The molecule has 0 radical (unpaired) electrons. The predicted molar refractivity (Wildman–Crippen MR) is 74.3 cm³/mol. The Hall–Kier alpha value is -1.92. The van der Waals surface area contributed by atoms with Crippen LogP contribution in [0, 0.1) is 15.9 Å². The van der Waals surface area contributed by atoms with Crippen molar-refractivity contribution in [2.75, 3.05) is 0 Å². The molecular formula is C14H12FNO3S. The van der Waals surface area contributed by atoms with Gasteiger partial charge in [0.25, 0.3) is 5.69 Å². The molecule has 0 bridgehead atoms. The zero-order valence-corrected chi connectivity index (χ0v) is 11.4. The number of para-hydroxylation sites is 1. The second kappa shape index (κ2) is 6.02. The van der Waals surface area contributed by atoms with Crippen LogP contribution in [0.1, 0.15) is 18.6 Å². The Kier molecular flexibility index (Phi) is 4.36. The molecule has 0 aliphatic rings. The topological polar surface area (TPSA) is 63.4 Å². The van der Waals surface area contributed by atoms with E-state index in [1.165, 1.54) is 25.1 Å². The van der Waals surface area contributed by atoms with Crippen molar-refractivity contribution < 1.29 is 14.4 Å². The van der Waals surface area contributed by atoms with Crippen molar-refractivity contribution in [2.45, 2.75) is 22.8 Å². The van der Waals surface area contributed by atoms with E-state index in [2.05, 4.69) is 0 Å². The van der Waals surface area contributed by atoms with E-state index in [0.29, 0.717) is 9.79 Å². The fourth-order valence-corrected chi connectivity index (χ4v) is 2.98. The molecule has 2 aromatic rings. The first kappa shape index (κ1) is 14.5. The lowest BCUT2D eigenvalue weighted by molar-refractivity contribution is -0.387. The standard InChI is InChI=1S/C14H12FNO3S/c1-9(17)14-10(15)5-4-8-13(14)20-12-7-3-2-6-11(12)16(18)19/h2-9,17H,1H3/t9-/m0/s1. The largest absolute Gasteiger partial charge is 0.389 e. The average molecular weight is 293 g/mol. The van der Waals surface area contributed by atoms with Gasteiger partial charge in [-0.2, -0.15) is 0 Å². The molecule has 2 rings (SSSR count). The summed E-state index contributed by atoms with van der Waals surface area (Å²) in [6.45, 7) is 1.46. The summed E-state index contributed by atoms with van der Waals surface area (Å²) in [6, 6.07) is 10.6. The van der Waals surface area contributed by atoms with Crippen LogP contribution >= 0.6 is 11.8 Å². The van der Waals surface area contributed by atoms with Crippen molar-refractivity contribution in [3.63, 3.8) is 0 Å². The molecule has 0 saturated heterocycles. The molecule has 0 aliphatic heterocycles. The third-order valence-corrected chi connectivity index (χ3v) is 3.85. The smallest absolute Gasteiger partial charge is 0.283 e. The number of nitro groups is 1. The van der Waals surface area contributed by atoms with Crippen molar-refractivity contribution in [1.82, 2.24) is 0 Å². The minimum atomic E-state index is -0.985. The van der Waals surface area contributed by atoms with Crippen molar-refractivity contribution in [3.8, 4) is 0 Å². The molecule has 0 aromatic heterocycles. The molecule has 0 saturated carbocycles. The number of rotatable bonds is 4. The summed E-state index contributed by atoms with van der Waals surface area (Å²) in [5.74, 6) is -0.524. The fourth-order valence-electron chi connectivity index (χ4n) is 1.82. The normalized spacial score (nSPS) is 12.2. The van der Waals surface area contributed by atoms with Gasteiger partial charge >= 0.3 is 0 Å². The first-order valence-corrected chi connectivity index (χ1v) is 6.70. The van der Waals surface area contributed by atoms with Crippen LogP contribution in [0.4, 0.5) is 10.1 Å². The van der Waals surface area contributed by atoms with Gasteiger partial charge in [-0.15, -0.1) is 0 Å². The van der Waals surface area contributed by atoms with Gasteiger partial charge in [0, 0.05) is 16.5 Å². The molecule has 0 unspecified atom stereocenters. The number of halogens is 1. The molecule has 6 heteroatoms. The molecule has 4 nitrogen and oxygen atoms in total. The summed E-state index contributed by atoms with van der Waals surface area (Å²) in [5.41, 5.74) is 0.106. The van der Waals surface area contributed by atoms with Crippen molar-refractivity contribution >= 4 is 17.4 Å². The van der Waals surface area contributed by atoms with Crippen LogP contribution in [0.3, 0.4) is 0 Å². The zero-order valence-electron chi connectivity index (χ0n) is 10.6. The van der Waals surface area contributed by atoms with E-state index in [9.17, 15) is 19.6 Å². The Labute approximate surface area is 119 Å². The van der Waals surface area contributed by atoms with Crippen molar-refractivity contribution in [2.24, 2.45) is 0 Å². The highest BCUT2D eigenvalue weighted by Gasteiger charge is 2.18. The number of aliphatic hydroxyl groups is 1. The monoisotopic (exact) mass is 293 g/mol. The SMILES string of the molecule is C[C@H](O)c1c(F)cccc1Sc1ccccc1[N+](=O)[O-]. The van der Waals surface area contributed by atoms with E-state index in [1.54, 1.807) is 24.3 Å². The second-order valence-electron chi connectivity index (χ2n) is 4.15. The molecule has 0 spiro atoms. The molecule has 0 heterocycles. The lowest BCUT2D eigenvalue weighted by Crippen LogP contribution is -1.99. The Morgan fingerprint density at radius 1 is 1.20 bits per heavy atom. The van der Waals surface area contributed by atoms with Crippen LogP contribution in [0.15, 0.2) is 52.3 Å². The maximum absolute atomic E-state index is 13.8. The second-order valence-corrected chi connectivity index (χ2v) is 5.24. The molecule has 2 aromatic carbocycles. The van der Waals surface area contributed by atoms with Gasteiger partial charge in [0.2, 0.25) is 0 Å². The van der Waals surface area contributed by atoms with Gasteiger partial charge in [0.1, 0.15) is 5.82 Å². The van der Waals surface area contributed by atoms with Crippen LogP contribution in [0.5, 0.6) is 0 Å². The van der Waals surface area contributed by atoms with E-state index >= 15 is 0 Å². The quantitative estimate of drug-likeness (QED) is 0.685. The third kappa shape index (κ3) is 2.97. The molecule has 0 amide bonds. The minimum Gasteiger partial charge on any atom is -0.389 e. The van der Waals surface area contributed by atoms with Gasteiger partial charge in [-0.1, -0.05) is 30.0 Å². The van der Waals surface area contributed by atoms with E-state index < -0.39 is 16.8 Å². The molecule has 0 aliphatic carbocycles. The lowest BCUT2D eigenvalue weighted by Gasteiger charge is -2.12. The maximum Gasteiger partial charge on any atom is 0.283 e. The van der Waals surface area contributed by atoms with Gasteiger partial charge in [0.15, 0.2) is 0 Å². The first-order chi connectivity index (χ1) is 9.50. The van der Waals surface area contributed by atoms with E-state index in [4.69, 9.17) is 0 Å². The summed E-state index contributed by atoms with van der Waals surface area (Å²) in [7, 11) is 0. The predicted octanol–water partition coefficient (Wildman–Crippen LogP) is 3.94. The highest BCUT2D eigenvalue weighted by Crippen LogP contribution is 2.38. The van der Waals surface area contributed by atoms with Gasteiger partial charge in [-0.05, 0) is 25.1 Å². The van der Waals surface area contributed by atoms with Crippen LogP contribution in [0.25, 0.3) is 0 Å². The van der Waals surface area contributed by atoms with E-state index in [1.807, 2.05) is 0 Å². The maximum atomic E-state index is 13.8. The molecular weight excluding hydrogens is 281 g/mol. The molecule has 20 heavy (non-hydrogen) atoms. The van der Waals surface area contributed by atoms with Crippen LogP contribution in [-0.2, 0) is 0 Å². The zero-order chi connectivity index (χ0) is 14.7. The Morgan fingerprint density at radius 3 is 2.50 bits per heavy atom. The lowest BCUT2D eigenvalue weighted by atomic mass is 10.1. The summed E-state index contributed by atoms with van der Waals surface area (Å²) in [6.07, 6.45) is -0.985. The number of benzene rings is 2. The van der Waals surface area contributed by atoms with Gasteiger partial charge < -0.3 is 5.11 Å². The summed E-state index contributed by atoms with van der Waals surface area (Å²) >= 11 is 1.07. The minimum absolute atomic E-state index is 0.0432. The van der Waals surface area contributed by atoms with Gasteiger partial charge in [-0.25, -0.2) is 4.39 Å². The fraction of sp³-hybridized carbons (Fsp3) is 0.143. The summed E-state index contributed by atoms with van der Waals surface area (Å²) in [4.78, 5) is 11.4. The highest BCUT2D eigenvalue weighted by molar-refractivity contribution is 7.99. The summed E-state index contributed by atoms with van der Waals surface area (Å²) < 4.78 is 13.8. The van der Waals surface area contributed by atoms with E-state index in [-0.39, 0.29) is 11.3 Å². The number of hydrogen-bond donors (Lipinski definition) is 1. The van der Waals surface area contributed by atoms with E-state index in [0.717, 1.165) is 11.8 Å². The Morgan fingerprint density at radius 2 is 1.85 bits per heavy atom. The van der Waals surface area contributed by atoms with Crippen molar-refractivity contribution in [3.05, 3.63) is 64.0 Å². The number of nitro benzene ring substituents is 1. The van der Waals surface area contributed by atoms with Crippen LogP contribution in [-0.4, -0.2) is 10.0 Å². The van der Waals surface area contributed by atoms with Crippen LogP contribution in [0.2, 0.25) is 0 Å². The molecule has 104 valence electrons.